The van der Waals surface area contributed by atoms with Gasteiger partial charge >= 0.3 is 0 Å². The van der Waals surface area contributed by atoms with E-state index in [1.54, 1.807) is 6.07 Å². The molecule has 15 heavy (non-hydrogen) atoms. The highest BCUT2D eigenvalue weighted by Crippen LogP contribution is 2.17. The standard InChI is InChI=1S/C11H6FNO2/c12-8-3-1-2-6-10(8)13-9-5-15-4-7(9)11(6)14/h1-5,13H. The van der Waals surface area contributed by atoms with Crippen LogP contribution in [0.4, 0.5) is 4.39 Å². The predicted molar refractivity (Wildman–Crippen MR) is 54.3 cm³/mol. The molecule has 74 valence electrons. The number of para-hydroxylation sites is 1. The summed E-state index contributed by atoms with van der Waals surface area (Å²) in [7, 11) is 0. The average molecular weight is 203 g/mol. The van der Waals surface area contributed by atoms with Gasteiger partial charge in [0.25, 0.3) is 0 Å². The molecule has 4 heteroatoms. The summed E-state index contributed by atoms with van der Waals surface area (Å²) in [5.74, 6) is -0.437. The molecular formula is C11H6FNO2. The lowest BCUT2D eigenvalue weighted by atomic mass is 10.1. The van der Waals surface area contributed by atoms with Crippen LogP contribution < -0.4 is 5.43 Å². The molecule has 0 aliphatic carbocycles. The van der Waals surface area contributed by atoms with Crippen molar-refractivity contribution in [2.75, 3.05) is 0 Å². The Morgan fingerprint density at radius 3 is 2.93 bits per heavy atom. The molecule has 0 aliphatic heterocycles. The van der Waals surface area contributed by atoms with E-state index in [1.807, 2.05) is 0 Å². The summed E-state index contributed by atoms with van der Waals surface area (Å²) in [6.07, 6.45) is 2.75. The van der Waals surface area contributed by atoms with Crippen LogP contribution in [-0.2, 0) is 0 Å². The summed E-state index contributed by atoms with van der Waals surface area (Å²) in [6, 6.07) is 4.41. The van der Waals surface area contributed by atoms with Gasteiger partial charge in [-0.15, -0.1) is 0 Å². The third-order valence-corrected chi connectivity index (χ3v) is 2.42. The topological polar surface area (TPSA) is 46.0 Å². The number of rotatable bonds is 0. The maximum Gasteiger partial charge on any atom is 0.200 e. The maximum atomic E-state index is 13.4. The number of nitrogens with one attached hydrogen (secondary N) is 1. The number of H-pyrrole nitrogens is 1. The Hall–Kier alpha value is -2.10. The molecule has 1 N–H and O–H groups in total. The van der Waals surface area contributed by atoms with Crippen molar-refractivity contribution in [3.63, 3.8) is 0 Å². The lowest BCUT2D eigenvalue weighted by Crippen LogP contribution is -2.03. The predicted octanol–water partition coefficient (Wildman–Crippen LogP) is 2.41. The van der Waals surface area contributed by atoms with Crippen molar-refractivity contribution in [1.82, 2.24) is 4.98 Å². The lowest BCUT2D eigenvalue weighted by Gasteiger charge is -1.98. The van der Waals surface area contributed by atoms with Gasteiger partial charge in [0.2, 0.25) is 5.43 Å². The Bertz CT molecular complexity index is 711. The molecule has 0 saturated heterocycles. The number of benzene rings is 1. The van der Waals surface area contributed by atoms with Crippen LogP contribution in [0.5, 0.6) is 0 Å². The van der Waals surface area contributed by atoms with Crippen LogP contribution in [0.25, 0.3) is 21.8 Å². The number of hydrogen-bond donors (Lipinski definition) is 1. The van der Waals surface area contributed by atoms with E-state index in [4.69, 9.17) is 4.42 Å². The first-order valence-corrected chi connectivity index (χ1v) is 4.44. The van der Waals surface area contributed by atoms with Crippen molar-refractivity contribution >= 4 is 21.8 Å². The second kappa shape index (κ2) is 2.70. The van der Waals surface area contributed by atoms with E-state index in [9.17, 15) is 9.18 Å². The summed E-state index contributed by atoms with van der Waals surface area (Å²) in [4.78, 5) is 14.7. The van der Waals surface area contributed by atoms with E-state index in [2.05, 4.69) is 4.98 Å². The Morgan fingerprint density at radius 2 is 2.07 bits per heavy atom. The van der Waals surface area contributed by atoms with Gasteiger partial charge in [0, 0.05) is 5.39 Å². The second-order valence-electron chi connectivity index (χ2n) is 3.32. The molecule has 2 heterocycles. The Balaban J connectivity index is 2.70. The molecule has 0 amide bonds. The highest BCUT2D eigenvalue weighted by molar-refractivity contribution is 5.91. The molecule has 0 aliphatic rings. The second-order valence-corrected chi connectivity index (χ2v) is 3.32. The van der Waals surface area contributed by atoms with Crippen LogP contribution in [-0.4, -0.2) is 4.98 Å². The third-order valence-electron chi connectivity index (χ3n) is 2.42. The molecule has 0 spiro atoms. The molecule has 3 aromatic rings. The molecule has 1 aromatic carbocycles. The Morgan fingerprint density at radius 1 is 1.20 bits per heavy atom. The smallest absolute Gasteiger partial charge is 0.200 e. The molecular weight excluding hydrogens is 197 g/mol. The normalized spacial score (nSPS) is 11.3. The van der Waals surface area contributed by atoms with E-state index >= 15 is 0 Å². The Labute approximate surface area is 83.1 Å². The average Bonchev–Trinajstić information content (AvgIpc) is 2.68. The number of halogens is 1. The largest absolute Gasteiger partial charge is 0.470 e. The summed E-state index contributed by atoms with van der Waals surface area (Å²) in [5.41, 5.74) is 0.515. The molecule has 3 nitrogen and oxygen atoms in total. The SMILES string of the molecule is O=c1c2cocc2[nH]c2c(F)cccc12. The van der Waals surface area contributed by atoms with Gasteiger partial charge in [-0.3, -0.25) is 4.79 Å². The number of pyridine rings is 1. The lowest BCUT2D eigenvalue weighted by molar-refractivity contribution is 0.571. The fourth-order valence-electron chi connectivity index (χ4n) is 1.69. The molecule has 0 saturated carbocycles. The van der Waals surface area contributed by atoms with Crippen molar-refractivity contribution < 1.29 is 8.81 Å². The fourth-order valence-corrected chi connectivity index (χ4v) is 1.69. The summed E-state index contributed by atoms with van der Waals surface area (Å²) < 4.78 is 18.3. The molecule has 0 fully saturated rings. The highest BCUT2D eigenvalue weighted by atomic mass is 19.1. The van der Waals surface area contributed by atoms with Crippen molar-refractivity contribution in [2.45, 2.75) is 0 Å². The number of furan rings is 1. The quantitative estimate of drug-likeness (QED) is 0.609. The van der Waals surface area contributed by atoms with Crippen LogP contribution in [0.2, 0.25) is 0 Å². The van der Waals surface area contributed by atoms with Crippen LogP contribution in [0.1, 0.15) is 0 Å². The van der Waals surface area contributed by atoms with Crippen molar-refractivity contribution in [2.24, 2.45) is 0 Å². The monoisotopic (exact) mass is 203 g/mol. The van der Waals surface area contributed by atoms with Gasteiger partial charge < -0.3 is 9.40 Å². The zero-order valence-corrected chi connectivity index (χ0v) is 7.58. The van der Waals surface area contributed by atoms with Gasteiger partial charge in [0.15, 0.2) is 0 Å². The molecule has 2 aromatic heterocycles. The van der Waals surface area contributed by atoms with Crippen LogP contribution in [0.15, 0.2) is 39.9 Å². The van der Waals surface area contributed by atoms with Crippen LogP contribution >= 0.6 is 0 Å². The van der Waals surface area contributed by atoms with Gasteiger partial charge in [-0.1, -0.05) is 6.07 Å². The van der Waals surface area contributed by atoms with E-state index in [1.165, 1.54) is 24.7 Å². The molecule has 0 atom stereocenters. The number of aromatic nitrogens is 1. The van der Waals surface area contributed by atoms with Gasteiger partial charge in [-0.2, -0.15) is 0 Å². The molecule has 0 bridgehead atoms. The number of hydrogen-bond acceptors (Lipinski definition) is 2. The van der Waals surface area contributed by atoms with E-state index in [0.717, 1.165) is 0 Å². The van der Waals surface area contributed by atoms with Gasteiger partial charge in [0.1, 0.15) is 18.3 Å². The number of aromatic amines is 1. The third kappa shape index (κ3) is 1.01. The summed E-state index contributed by atoms with van der Waals surface area (Å²) >= 11 is 0. The first-order valence-electron chi connectivity index (χ1n) is 4.44. The van der Waals surface area contributed by atoms with Crippen molar-refractivity contribution in [1.29, 1.82) is 0 Å². The summed E-state index contributed by atoms with van der Waals surface area (Å²) in [6.45, 7) is 0. The number of fused-ring (bicyclic) bond motifs is 2. The van der Waals surface area contributed by atoms with Gasteiger partial charge in [0.05, 0.1) is 16.4 Å². The van der Waals surface area contributed by atoms with Crippen LogP contribution in [0, 0.1) is 5.82 Å². The zero-order valence-electron chi connectivity index (χ0n) is 7.58. The van der Waals surface area contributed by atoms with Gasteiger partial charge in [-0.25, -0.2) is 4.39 Å². The maximum absolute atomic E-state index is 13.4. The minimum absolute atomic E-state index is 0.216. The minimum atomic E-state index is -0.437. The first kappa shape index (κ1) is 8.23. The highest BCUT2D eigenvalue weighted by Gasteiger charge is 2.09. The first-order chi connectivity index (χ1) is 7.27. The zero-order chi connectivity index (χ0) is 10.4. The van der Waals surface area contributed by atoms with Crippen LogP contribution in [0.3, 0.4) is 0 Å². The fraction of sp³-hybridized carbons (Fsp3) is 0. The van der Waals surface area contributed by atoms with Crippen molar-refractivity contribution in [3.05, 3.63) is 46.8 Å². The van der Waals surface area contributed by atoms with E-state index < -0.39 is 5.82 Å². The summed E-state index contributed by atoms with van der Waals surface area (Å²) in [5, 5.41) is 0.775. The van der Waals surface area contributed by atoms with E-state index in [0.29, 0.717) is 16.3 Å². The van der Waals surface area contributed by atoms with Crippen molar-refractivity contribution in [3.8, 4) is 0 Å². The molecule has 0 radical (unpaired) electrons. The van der Waals surface area contributed by atoms with Gasteiger partial charge in [-0.05, 0) is 12.1 Å². The molecule has 0 unspecified atom stereocenters. The van der Waals surface area contributed by atoms with E-state index in [-0.39, 0.29) is 10.9 Å². The minimum Gasteiger partial charge on any atom is -0.470 e. The Kier molecular flexibility index (Phi) is 1.48. The molecule has 3 rings (SSSR count).